The van der Waals surface area contributed by atoms with E-state index in [2.05, 4.69) is 12.2 Å². The fraction of sp³-hybridized carbons (Fsp3) is 0.571. The number of benzene rings is 1. The molecule has 1 aromatic rings. The Morgan fingerprint density at radius 2 is 1.95 bits per heavy atom. The van der Waals surface area contributed by atoms with Crippen LogP contribution in [0.3, 0.4) is 0 Å². The van der Waals surface area contributed by atoms with E-state index in [4.69, 9.17) is 23.2 Å². The lowest BCUT2D eigenvalue weighted by Gasteiger charge is -2.19. The lowest BCUT2D eigenvalue weighted by Crippen LogP contribution is -2.29. The molecule has 0 aromatic heterocycles. The van der Waals surface area contributed by atoms with Crippen molar-refractivity contribution < 1.29 is 8.42 Å². The first-order valence-corrected chi connectivity index (χ1v) is 9.05. The zero-order chi connectivity index (χ0) is 15.8. The highest BCUT2D eigenvalue weighted by Crippen LogP contribution is 2.39. The minimum atomic E-state index is -3.59. The maximum absolute atomic E-state index is 12.7. The van der Waals surface area contributed by atoms with Gasteiger partial charge in [-0.25, -0.2) is 12.7 Å². The predicted octanol–water partition coefficient (Wildman–Crippen LogP) is 2.99. The lowest BCUT2D eigenvalue weighted by molar-refractivity contribution is 0.444. The second kappa shape index (κ2) is 6.42. The normalized spacial score (nSPS) is 21.8. The highest BCUT2D eigenvalue weighted by atomic mass is 35.5. The van der Waals surface area contributed by atoms with Gasteiger partial charge in [-0.15, -0.1) is 0 Å². The SMILES string of the molecule is CNCc1cc(S(=O)(=O)N(C)CC2CC2C)c(Cl)cc1Cl. The van der Waals surface area contributed by atoms with Gasteiger partial charge in [0.25, 0.3) is 0 Å². The molecule has 1 fully saturated rings. The number of hydrogen-bond acceptors (Lipinski definition) is 3. The number of nitrogens with one attached hydrogen (secondary N) is 1. The van der Waals surface area contributed by atoms with Gasteiger partial charge in [0.05, 0.1) is 5.02 Å². The van der Waals surface area contributed by atoms with E-state index in [-0.39, 0.29) is 9.92 Å². The summed E-state index contributed by atoms with van der Waals surface area (Å²) in [5, 5.41) is 3.59. The first-order chi connectivity index (χ1) is 9.77. The van der Waals surface area contributed by atoms with Gasteiger partial charge in [-0.3, -0.25) is 0 Å². The Bertz CT molecular complexity index is 634. The maximum Gasteiger partial charge on any atom is 0.244 e. The fourth-order valence-corrected chi connectivity index (χ4v) is 4.41. The van der Waals surface area contributed by atoms with Crippen molar-refractivity contribution in [1.82, 2.24) is 9.62 Å². The Labute approximate surface area is 136 Å². The lowest BCUT2D eigenvalue weighted by atomic mass is 10.2. The van der Waals surface area contributed by atoms with Crippen molar-refractivity contribution in [3.63, 3.8) is 0 Å². The molecule has 2 atom stereocenters. The van der Waals surface area contributed by atoms with E-state index < -0.39 is 10.0 Å². The van der Waals surface area contributed by atoms with Gasteiger partial charge in [0.15, 0.2) is 0 Å². The topological polar surface area (TPSA) is 49.4 Å². The molecule has 2 unspecified atom stereocenters. The molecule has 21 heavy (non-hydrogen) atoms. The van der Waals surface area contributed by atoms with E-state index >= 15 is 0 Å². The highest BCUT2D eigenvalue weighted by Gasteiger charge is 2.36. The molecule has 4 nitrogen and oxygen atoms in total. The molecule has 2 rings (SSSR count). The molecule has 7 heteroatoms. The summed E-state index contributed by atoms with van der Waals surface area (Å²) in [6, 6.07) is 3.06. The van der Waals surface area contributed by atoms with E-state index in [1.165, 1.54) is 10.4 Å². The van der Waals surface area contributed by atoms with Gasteiger partial charge in [0, 0.05) is 25.2 Å². The third-order valence-electron chi connectivity index (χ3n) is 3.92. The van der Waals surface area contributed by atoms with E-state index in [0.717, 1.165) is 12.0 Å². The van der Waals surface area contributed by atoms with E-state index in [1.807, 2.05) is 0 Å². The molecule has 1 N–H and O–H groups in total. The molecule has 1 aliphatic carbocycles. The summed E-state index contributed by atoms with van der Waals surface area (Å²) in [6.07, 6.45) is 1.08. The van der Waals surface area contributed by atoms with Crippen LogP contribution in [0.15, 0.2) is 17.0 Å². The van der Waals surface area contributed by atoms with Crippen molar-refractivity contribution in [3.8, 4) is 0 Å². The largest absolute Gasteiger partial charge is 0.316 e. The number of nitrogens with zero attached hydrogens (tertiary/aromatic N) is 1. The van der Waals surface area contributed by atoms with Crippen LogP contribution in [0.2, 0.25) is 10.0 Å². The summed E-state index contributed by atoms with van der Waals surface area (Å²) >= 11 is 12.2. The monoisotopic (exact) mass is 350 g/mol. The van der Waals surface area contributed by atoms with Gasteiger partial charge in [0.1, 0.15) is 4.90 Å². The van der Waals surface area contributed by atoms with Gasteiger partial charge >= 0.3 is 0 Å². The molecular formula is C14H20Cl2N2O2S. The Morgan fingerprint density at radius 3 is 2.48 bits per heavy atom. The van der Waals surface area contributed by atoms with Gasteiger partial charge in [-0.1, -0.05) is 30.1 Å². The van der Waals surface area contributed by atoms with Crippen LogP contribution in [0.5, 0.6) is 0 Å². The van der Waals surface area contributed by atoms with Gasteiger partial charge in [-0.2, -0.15) is 0 Å². The highest BCUT2D eigenvalue weighted by molar-refractivity contribution is 7.89. The Kier molecular flexibility index (Phi) is 5.21. The van der Waals surface area contributed by atoms with Crippen LogP contribution in [0.25, 0.3) is 0 Å². The number of halogens is 2. The van der Waals surface area contributed by atoms with Crippen LogP contribution < -0.4 is 5.32 Å². The molecule has 1 saturated carbocycles. The average molecular weight is 351 g/mol. The second-order valence-electron chi connectivity index (χ2n) is 5.66. The van der Waals surface area contributed by atoms with Crippen molar-refractivity contribution in [1.29, 1.82) is 0 Å². The summed E-state index contributed by atoms with van der Waals surface area (Å²) in [6.45, 7) is 3.15. The predicted molar refractivity (Wildman–Crippen MR) is 86.3 cm³/mol. The fourth-order valence-electron chi connectivity index (χ4n) is 2.34. The zero-order valence-corrected chi connectivity index (χ0v) is 14.7. The van der Waals surface area contributed by atoms with Crippen molar-refractivity contribution in [2.75, 3.05) is 20.6 Å². The van der Waals surface area contributed by atoms with Crippen LogP contribution in [-0.4, -0.2) is 33.4 Å². The van der Waals surface area contributed by atoms with Crippen LogP contribution >= 0.6 is 23.2 Å². The van der Waals surface area contributed by atoms with Crippen LogP contribution in [0.1, 0.15) is 18.9 Å². The third-order valence-corrected chi connectivity index (χ3v) is 6.56. The molecule has 1 aliphatic rings. The maximum atomic E-state index is 12.7. The first kappa shape index (κ1) is 17.0. The summed E-state index contributed by atoms with van der Waals surface area (Å²) in [7, 11) is -0.213. The molecule has 0 aliphatic heterocycles. The second-order valence-corrected chi connectivity index (χ2v) is 8.49. The van der Waals surface area contributed by atoms with E-state index in [9.17, 15) is 8.42 Å². The quantitative estimate of drug-likeness (QED) is 0.857. The number of sulfonamides is 1. The van der Waals surface area contributed by atoms with Gasteiger partial charge < -0.3 is 5.32 Å². The number of rotatable bonds is 6. The molecule has 0 heterocycles. The van der Waals surface area contributed by atoms with Crippen molar-refractivity contribution >= 4 is 33.2 Å². The molecule has 1 aromatic carbocycles. The molecule has 0 amide bonds. The van der Waals surface area contributed by atoms with Crippen molar-refractivity contribution in [2.24, 2.45) is 11.8 Å². The van der Waals surface area contributed by atoms with Crippen LogP contribution in [-0.2, 0) is 16.6 Å². The van der Waals surface area contributed by atoms with Crippen molar-refractivity contribution in [3.05, 3.63) is 27.7 Å². The zero-order valence-electron chi connectivity index (χ0n) is 12.4. The Morgan fingerprint density at radius 1 is 1.33 bits per heavy atom. The summed E-state index contributed by atoms with van der Waals surface area (Å²) < 4.78 is 26.7. The molecule has 0 bridgehead atoms. The van der Waals surface area contributed by atoms with E-state index in [1.54, 1.807) is 20.2 Å². The summed E-state index contributed by atoms with van der Waals surface area (Å²) in [5.41, 5.74) is 0.718. The Hall–Kier alpha value is -0.330. The summed E-state index contributed by atoms with van der Waals surface area (Å²) in [5.74, 6) is 1.05. The smallest absolute Gasteiger partial charge is 0.244 e. The van der Waals surface area contributed by atoms with Crippen molar-refractivity contribution in [2.45, 2.75) is 24.8 Å². The number of hydrogen-bond donors (Lipinski definition) is 1. The third kappa shape index (κ3) is 3.71. The minimum Gasteiger partial charge on any atom is -0.316 e. The average Bonchev–Trinajstić information content (AvgIpc) is 3.08. The van der Waals surface area contributed by atoms with Gasteiger partial charge in [-0.05, 0) is 43.0 Å². The molecule has 118 valence electrons. The van der Waals surface area contributed by atoms with Crippen LogP contribution in [0, 0.1) is 11.8 Å². The van der Waals surface area contributed by atoms with Gasteiger partial charge in [0.2, 0.25) is 10.0 Å². The molecular weight excluding hydrogens is 331 g/mol. The van der Waals surface area contributed by atoms with E-state index in [0.29, 0.717) is 29.9 Å². The molecule has 0 saturated heterocycles. The molecule has 0 spiro atoms. The standard InChI is InChI=1S/C14H20Cl2N2O2S/c1-9-4-11(9)8-18(3)21(19,20)14-5-10(7-17-2)12(15)6-13(14)16/h5-6,9,11,17H,4,7-8H2,1-3H3. The Balaban J connectivity index is 2.32. The summed E-state index contributed by atoms with van der Waals surface area (Å²) in [4.78, 5) is 0.120. The molecule has 0 radical (unpaired) electrons. The van der Waals surface area contributed by atoms with Crippen LogP contribution in [0.4, 0.5) is 0 Å². The first-order valence-electron chi connectivity index (χ1n) is 6.86. The minimum absolute atomic E-state index is 0.120.